The average Bonchev–Trinajstić information content (AvgIpc) is 2.51. The fraction of sp³-hybridized carbons (Fsp3) is 0.588. The average molecular weight is 311 g/mol. The Morgan fingerprint density at radius 2 is 2.05 bits per heavy atom. The summed E-state index contributed by atoms with van der Waals surface area (Å²) in [5, 5.41) is 0. The van der Waals surface area contributed by atoms with E-state index in [1.165, 1.54) is 12.1 Å². The summed E-state index contributed by atoms with van der Waals surface area (Å²) in [6.07, 6.45) is 2.95. The van der Waals surface area contributed by atoms with E-state index in [9.17, 15) is 13.6 Å². The van der Waals surface area contributed by atoms with Crippen LogP contribution in [0.3, 0.4) is 0 Å². The lowest BCUT2D eigenvalue weighted by Crippen LogP contribution is -2.39. The van der Waals surface area contributed by atoms with Crippen LogP contribution in [0.4, 0.5) is 8.78 Å². The molecule has 1 heterocycles. The van der Waals surface area contributed by atoms with Crippen LogP contribution >= 0.6 is 0 Å². The number of hydrogen-bond acceptors (Lipinski definition) is 2. The Morgan fingerprint density at radius 3 is 2.68 bits per heavy atom. The number of likely N-dealkylation sites (tertiary alicyclic amines) is 1. The van der Waals surface area contributed by atoms with Crippen LogP contribution in [0, 0.1) is 17.6 Å². The van der Waals surface area contributed by atoms with E-state index in [1.807, 2.05) is 6.92 Å². The van der Waals surface area contributed by atoms with Gasteiger partial charge in [-0.15, -0.1) is 0 Å². The van der Waals surface area contributed by atoms with Gasteiger partial charge < -0.3 is 9.64 Å². The van der Waals surface area contributed by atoms with Crippen LogP contribution in [0.15, 0.2) is 18.2 Å². The third-order valence-corrected chi connectivity index (χ3v) is 4.20. The van der Waals surface area contributed by atoms with Crippen molar-refractivity contribution in [1.29, 1.82) is 0 Å². The molecule has 22 heavy (non-hydrogen) atoms. The smallest absolute Gasteiger partial charge is 0.227 e. The fourth-order valence-electron chi connectivity index (χ4n) is 2.81. The molecule has 0 saturated carbocycles. The van der Waals surface area contributed by atoms with Crippen molar-refractivity contribution in [3.8, 4) is 0 Å². The molecule has 0 N–H and O–H groups in total. The quantitative estimate of drug-likeness (QED) is 0.755. The summed E-state index contributed by atoms with van der Waals surface area (Å²) in [6.45, 7) is 4.91. The fourth-order valence-corrected chi connectivity index (χ4v) is 2.81. The highest BCUT2D eigenvalue weighted by Crippen LogP contribution is 2.21. The molecule has 0 radical (unpaired) electrons. The van der Waals surface area contributed by atoms with Gasteiger partial charge in [0.1, 0.15) is 11.6 Å². The lowest BCUT2D eigenvalue weighted by Gasteiger charge is -2.32. The van der Waals surface area contributed by atoms with Crippen LogP contribution < -0.4 is 0 Å². The molecule has 0 aliphatic carbocycles. The minimum absolute atomic E-state index is 0.00424. The predicted octanol–water partition coefficient (Wildman–Crippen LogP) is 3.17. The van der Waals surface area contributed by atoms with Crippen molar-refractivity contribution in [2.45, 2.75) is 32.6 Å². The van der Waals surface area contributed by atoms with Gasteiger partial charge in [-0.05, 0) is 43.7 Å². The van der Waals surface area contributed by atoms with E-state index in [2.05, 4.69) is 0 Å². The van der Waals surface area contributed by atoms with E-state index in [4.69, 9.17) is 4.74 Å². The molecule has 1 saturated heterocycles. The molecule has 0 bridgehead atoms. The van der Waals surface area contributed by atoms with Crippen LogP contribution in [0.25, 0.3) is 0 Å². The highest BCUT2D eigenvalue weighted by Gasteiger charge is 2.23. The van der Waals surface area contributed by atoms with E-state index in [0.29, 0.717) is 19.0 Å². The molecule has 1 aromatic rings. The Balaban J connectivity index is 1.80. The summed E-state index contributed by atoms with van der Waals surface area (Å²) in [4.78, 5) is 14.0. The summed E-state index contributed by atoms with van der Waals surface area (Å²) >= 11 is 0. The van der Waals surface area contributed by atoms with Crippen molar-refractivity contribution in [3.05, 3.63) is 35.4 Å². The first kappa shape index (κ1) is 16.9. The van der Waals surface area contributed by atoms with E-state index in [0.717, 1.165) is 38.5 Å². The van der Waals surface area contributed by atoms with Gasteiger partial charge in [-0.25, -0.2) is 8.78 Å². The number of ether oxygens (including phenoxy) is 1. The zero-order chi connectivity index (χ0) is 15.9. The normalized spacial score (nSPS) is 16.0. The molecule has 0 atom stereocenters. The lowest BCUT2D eigenvalue weighted by molar-refractivity contribution is -0.132. The summed E-state index contributed by atoms with van der Waals surface area (Å²) < 4.78 is 31.8. The lowest BCUT2D eigenvalue weighted by atomic mass is 9.93. The Hall–Kier alpha value is -1.49. The Morgan fingerprint density at radius 1 is 1.32 bits per heavy atom. The first-order valence-electron chi connectivity index (χ1n) is 7.89. The Bertz CT molecular complexity index is 499. The zero-order valence-electron chi connectivity index (χ0n) is 13.0. The van der Waals surface area contributed by atoms with Crippen molar-refractivity contribution in [3.63, 3.8) is 0 Å². The second-order valence-electron chi connectivity index (χ2n) is 5.72. The molecule has 1 aliphatic rings. The highest BCUT2D eigenvalue weighted by atomic mass is 19.1. The Kier molecular flexibility index (Phi) is 6.31. The number of halogens is 2. The second-order valence-corrected chi connectivity index (χ2v) is 5.72. The minimum atomic E-state index is -0.653. The molecule has 0 aromatic heterocycles. The van der Waals surface area contributed by atoms with Crippen LogP contribution in [-0.2, 0) is 16.0 Å². The summed E-state index contributed by atoms with van der Waals surface area (Å²) in [7, 11) is 0. The third-order valence-electron chi connectivity index (χ3n) is 4.20. The largest absolute Gasteiger partial charge is 0.382 e. The number of carbonyl (C=O) groups excluding carboxylic acids is 1. The first-order chi connectivity index (χ1) is 10.6. The molecule has 0 spiro atoms. The van der Waals surface area contributed by atoms with Crippen molar-refractivity contribution in [1.82, 2.24) is 4.90 Å². The van der Waals surface area contributed by atoms with E-state index in [-0.39, 0.29) is 17.9 Å². The van der Waals surface area contributed by atoms with Gasteiger partial charge in [0, 0.05) is 32.4 Å². The number of piperidine rings is 1. The summed E-state index contributed by atoms with van der Waals surface area (Å²) in [5.74, 6) is -0.768. The van der Waals surface area contributed by atoms with Crippen molar-refractivity contribution < 1.29 is 18.3 Å². The maximum absolute atomic E-state index is 13.6. The number of benzene rings is 1. The molecule has 1 aromatic carbocycles. The third kappa shape index (κ3) is 4.77. The molecule has 1 aliphatic heterocycles. The zero-order valence-corrected chi connectivity index (χ0v) is 13.0. The second kappa shape index (κ2) is 8.22. The monoisotopic (exact) mass is 311 g/mol. The van der Waals surface area contributed by atoms with Gasteiger partial charge >= 0.3 is 0 Å². The minimum Gasteiger partial charge on any atom is -0.382 e. The maximum atomic E-state index is 13.6. The van der Waals surface area contributed by atoms with Crippen LogP contribution in [-0.4, -0.2) is 37.1 Å². The van der Waals surface area contributed by atoms with Gasteiger partial charge in [-0.1, -0.05) is 6.07 Å². The van der Waals surface area contributed by atoms with Gasteiger partial charge in [0.15, 0.2) is 0 Å². The number of hydrogen-bond donors (Lipinski definition) is 0. The predicted molar refractivity (Wildman–Crippen MR) is 80.5 cm³/mol. The number of amides is 1. The molecule has 3 nitrogen and oxygen atoms in total. The van der Waals surface area contributed by atoms with Crippen molar-refractivity contribution in [2.75, 3.05) is 26.3 Å². The number of carbonyl (C=O) groups is 1. The van der Waals surface area contributed by atoms with Gasteiger partial charge in [0.2, 0.25) is 5.91 Å². The molecular weight excluding hydrogens is 288 g/mol. The maximum Gasteiger partial charge on any atom is 0.227 e. The number of rotatable bonds is 6. The topological polar surface area (TPSA) is 29.5 Å². The number of nitrogens with zero attached hydrogens (tertiary/aromatic N) is 1. The summed E-state index contributed by atoms with van der Waals surface area (Å²) in [5.41, 5.74) is 0.255. The standard InChI is InChI=1S/C17H23F2NO2/c1-2-22-10-7-13-5-8-20(9-6-13)17(21)11-14-3-4-15(18)12-16(14)19/h3-4,12-13H,2,5-11H2,1H3. The van der Waals surface area contributed by atoms with E-state index >= 15 is 0 Å². The molecule has 2 rings (SSSR count). The van der Waals surface area contributed by atoms with E-state index < -0.39 is 11.6 Å². The van der Waals surface area contributed by atoms with Crippen molar-refractivity contribution >= 4 is 5.91 Å². The molecule has 1 amide bonds. The highest BCUT2D eigenvalue weighted by molar-refractivity contribution is 5.78. The van der Waals surface area contributed by atoms with Gasteiger partial charge in [0.05, 0.1) is 6.42 Å². The van der Waals surface area contributed by atoms with Crippen LogP contribution in [0.2, 0.25) is 0 Å². The Labute approximate surface area is 130 Å². The van der Waals surface area contributed by atoms with Gasteiger partial charge in [-0.2, -0.15) is 0 Å². The van der Waals surface area contributed by atoms with Crippen molar-refractivity contribution in [2.24, 2.45) is 5.92 Å². The van der Waals surface area contributed by atoms with Crippen LogP contribution in [0.1, 0.15) is 31.7 Å². The van der Waals surface area contributed by atoms with Gasteiger partial charge in [0.25, 0.3) is 0 Å². The van der Waals surface area contributed by atoms with E-state index in [1.54, 1.807) is 4.90 Å². The van der Waals surface area contributed by atoms with Crippen LogP contribution in [0.5, 0.6) is 0 Å². The first-order valence-corrected chi connectivity index (χ1v) is 7.89. The summed E-state index contributed by atoms with van der Waals surface area (Å²) in [6, 6.07) is 3.35. The molecular formula is C17H23F2NO2. The van der Waals surface area contributed by atoms with Gasteiger partial charge in [-0.3, -0.25) is 4.79 Å². The molecule has 0 unspecified atom stereocenters. The molecule has 122 valence electrons. The molecule has 1 fully saturated rings. The molecule has 5 heteroatoms. The SMILES string of the molecule is CCOCCC1CCN(C(=O)Cc2ccc(F)cc2F)CC1.